The summed E-state index contributed by atoms with van der Waals surface area (Å²) in [5, 5.41) is 14.2. The number of hydrogen-bond acceptors (Lipinski definition) is 4. The molecule has 2 N–H and O–H groups in total. The number of Topliss-reactive ketones (excluding diaryl/α,β-unsaturated/α-hetero) is 1. The summed E-state index contributed by atoms with van der Waals surface area (Å²) in [6.07, 6.45) is 0. The number of aryl methyl sites for hydroxylation is 1. The lowest BCUT2D eigenvalue weighted by molar-refractivity contribution is -0.113. The smallest absolute Gasteiger partial charge is 0.167 e. The Hall–Kier alpha value is -3.44. The predicted molar refractivity (Wildman–Crippen MR) is 118 cm³/mol. The van der Waals surface area contributed by atoms with E-state index in [1.807, 2.05) is 60.7 Å². The summed E-state index contributed by atoms with van der Waals surface area (Å²) < 4.78 is 0. The van der Waals surface area contributed by atoms with Crippen LogP contribution in [0.3, 0.4) is 0 Å². The summed E-state index contributed by atoms with van der Waals surface area (Å²) in [7, 11) is 0. The molecule has 0 bridgehead atoms. The highest BCUT2D eigenvalue weighted by Gasteiger charge is 2.22. The SMILES string of the molecule is CC(=O)/C(C(=Nc1ccccc1)Nc1ccccc1)=C(\O)c1ccc(C)nc1Cl. The number of ketones is 1. The van der Waals surface area contributed by atoms with E-state index in [4.69, 9.17) is 11.6 Å². The molecular formula is C23H20ClN3O2. The highest BCUT2D eigenvalue weighted by atomic mass is 35.5. The molecule has 0 radical (unpaired) electrons. The molecular weight excluding hydrogens is 386 g/mol. The van der Waals surface area contributed by atoms with E-state index in [2.05, 4.69) is 15.3 Å². The second kappa shape index (κ2) is 9.17. The normalized spacial score (nSPS) is 12.3. The number of aliphatic imine (C=N–C) groups is 1. The van der Waals surface area contributed by atoms with Crippen molar-refractivity contribution in [1.82, 2.24) is 4.98 Å². The summed E-state index contributed by atoms with van der Waals surface area (Å²) in [4.78, 5) is 21.3. The number of aromatic nitrogens is 1. The lowest BCUT2D eigenvalue weighted by Gasteiger charge is -2.15. The zero-order valence-corrected chi connectivity index (χ0v) is 16.8. The van der Waals surface area contributed by atoms with Crippen molar-refractivity contribution >= 4 is 40.4 Å². The van der Waals surface area contributed by atoms with Crippen molar-refractivity contribution in [1.29, 1.82) is 0 Å². The van der Waals surface area contributed by atoms with Gasteiger partial charge in [-0.15, -0.1) is 0 Å². The van der Waals surface area contributed by atoms with Crippen LogP contribution in [0.2, 0.25) is 5.15 Å². The van der Waals surface area contributed by atoms with Crippen molar-refractivity contribution in [2.24, 2.45) is 4.99 Å². The summed E-state index contributed by atoms with van der Waals surface area (Å²) in [6, 6.07) is 21.8. The van der Waals surface area contributed by atoms with Crippen molar-refractivity contribution < 1.29 is 9.90 Å². The maximum absolute atomic E-state index is 12.6. The largest absolute Gasteiger partial charge is 0.506 e. The van der Waals surface area contributed by atoms with Gasteiger partial charge < -0.3 is 10.4 Å². The Kier molecular flexibility index (Phi) is 6.42. The Morgan fingerprint density at radius 2 is 1.62 bits per heavy atom. The molecule has 0 aliphatic rings. The lowest BCUT2D eigenvalue weighted by Crippen LogP contribution is -2.21. The van der Waals surface area contributed by atoms with Crippen molar-refractivity contribution in [2.45, 2.75) is 13.8 Å². The highest BCUT2D eigenvalue weighted by Crippen LogP contribution is 2.26. The van der Waals surface area contributed by atoms with Crippen LogP contribution < -0.4 is 5.32 Å². The molecule has 2 aromatic carbocycles. The number of aliphatic hydroxyl groups is 1. The molecule has 0 aliphatic heterocycles. The minimum atomic E-state index is -0.364. The first-order valence-corrected chi connectivity index (χ1v) is 9.37. The second-order valence-corrected chi connectivity index (χ2v) is 6.72. The van der Waals surface area contributed by atoms with Crippen molar-refractivity contribution in [3.05, 3.63) is 94.8 Å². The number of carbonyl (C=O) groups excluding carboxylic acids is 1. The topological polar surface area (TPSA) is 74.6 Å². The summed E-state index contributed by atoms with van der Waals surface area (Å²) >= 11 is 6.22. The number of rotatable bonds is 5. The van der Waals surface area contributed by atoms with Crippen LogP contribution in [0.1, 0.15) is 18.2 Å². The summed E-state index contributed by atoms with van der Waals surface area (Å²) in [5.74, 6) is -0.436. The van der Waals surface area contributed by atoms with Gasteiger partial charge in [0.1, 0.15) is 22.3 Å². The molecule has 3 aromatic rings. The number of anilines is 1. The molecule has 146 valence electrons. The highest BCUT2D eigenvalue weighted by molar-refractivity contribution is 6.33. The van der Waals surface area contributed by atoms with Crippen LogP contribution in [0.25, 0.3) is 5.76 Å². The van der Waals surface area contributed by atoms with Crippen molar-refractivity contribution in [3.63, 3.8) is 0 Å². The van der Waals surface area contributed by atoms with Gasteiger partial charge in [0, 0.05) is 11.4 Å². The molecule has 0 saturated heterocycles. The maximum atomic E-state index is 12.6. The number of carbonyl (C=O) groups is 1. The third kappa shape index (κ3) is 5.09. The van der Waals surface area contributed by atoms with Crippen LogP contribution in [0, 0.1) is 6.92 Å². The van der Waals surface area contributed by atoms with Gasteiger partial charge in [-0.25, -0.2) is 9.98 Å². The van der Waals surface area contributed by atoms with E-state index in [-0.39, 0.29) is 33.7 Å². The van der Waals surface area contributed by atoms with Crippen LogP contribution in [0.4, 0.5) is 11.4 Å². The summed E-state index contributed by atoms with van der Waals surface area (Å²) in [6.45, 7) is 3.16. The molecule has 29 heavy (non-hydrogen) atoms. The predicted octanol–water partition coefficient (Wildman–Crippen LogP) is 5.74. The number of hydrogen-bond donors (Lipinski definition) is 2. The van der Waals surface area contributed by atoms with Crippen molar-refractivity contribution in [3.8, 4) is 0 Å². The number of nitrogens with zero attached hydrogens (tertiary/aromatic N) is 2. The third-order valence-electron chi connectivity index (χ3n) is 4.10. The third-order valence-corrected chi connectivity index (χ3v) is 4.39. The number of halogens is 1. The van der Waals surface area contributed by atoms with E-state index < -0.39 is 0 Å². The van der Waals surface area contributed by atoms with Gasteiger partial charge in [0.05, 0.1) is 11.3 Å². The zero-order chi connectivity index (χ0) is 20.8. The Bertz CT molecular complexity index is 1080. The average molecular weight is 406 g/mol. The first-order valence-electron chi connectivity index (χ1n) is 8.99. The minimum absolute atomic E-state index is 0.0188. The van der Waals surface area contributed by atoms with Crippen LogP contribution in [0.15, 0.2) is 83.4 Å². The Labute approximate surface area is 174 Å². The fourth-order valence-electron chi connectivity index (χ4n) is 2.72. The lowest BCUT2D eigenvalue weighted by atomic mass is 10.0. The van der Waals surface area contributed by atoms with Crippen LogP contribution in [-0.2, 0) is 4.79 Å². The van der Waals surface area contributed by atoms with Gasteiger partial charge >= 0.3 is 0 Å². The number of amidine groups is 1. The molecule has 0 amide bonds. The fourth-order valence-corrected chi connectivity index (χ4v) is 3.00. The molecule has 0 atom stereocenters. The standard InChI is InChI=1S/C23H20ClN3O2/c1-15-13-14-19(22(24)25-15)21(29)20(16(2)28)23(26-17-9-5-3-6-10-17)27-18-11-7-4-8-12-18/h3-14,29H,1-2H3,(H,26,27)/b21-20+. The first kappa shape index (κ1) is 20.3. The van der Waals surface area contributed by atoms with Gasteiger partial charge in [-0.1, -0.05) is 48.0 Å². The van der Waals surface area contributed by atoms with E-state index in [0.29, 0.717) is 11.4 Å². The number of para-hydroxylation sites is 2. The minimum Gasteiger partial charge on any atom is -0.506 e. The quantitative estimate of drug-likeness (QED) is 0.186. The summed E-state index contributed by atoms with van der Waals surface area (Å²) in [5.41, 5.74) is 2.34. The molecule has 0 saturated carbocycles. The van der Waals surface area contributed by atoms with Gasteiger partial charge in [0.2, 0.25) is 0 Å². The van der Waals surface area contributed by atoms with Crippen molar-refractivity contribution in [2.75, 3.05) is 5.32 Å². The molecule has 0 unspecified atom stereocenters. The van der Waals surface area contributed by atoms with Gasteiger partial charge in [-0.05, 0) is 50.2 Å². The van der Waals surface area contributed by atoms with E-state index in [0.717, 1.165) is 5.69 Å². The Morgan fingerprint density at radius 3 is 2.21 bits per heavy atom. The van der Waals surface area contributed by atoms with Crippen LogP contribution >= 0.6 is 11.6 Å². The number of nitrogens with one attached hydrogen (secondary N) is 1. The van der Waals surface area contributed by atoms with Crippen LogP contribution in [0.5, 0.6) is 0 Å². The first-order chi connectivity index (χ1) is 14.0. The van der Waals surface area contributed by atoms with Gasteiger partial charge in [0.25, 0.3) is 0 Å². The monoisotopic (exact) mass is 405 g/mol. The molecule has 5 nitrogen and oxygen atoms in total. The number of aliphatic hydroxyl groups excluding tert-OH is 1. The molecule has 6 heteroatoms. The average Bonchev–Trinajstić information content (AvgIpc) is 2.69. The van der Waals surface area contributed by atoms with E-state index in [1.165, 1.54) is 6.92 Å². The van der Waals surface area contributed by atoms with Gasteiger partial charge in [-0.3, -0.25) is 4.79 Å². The second-order valence-electron chi connectivity index (χ2n) is 6.36. The van der Waals surface area contributed by atoms with Gasteiger partial charge in [0.15, 0.2) is 5.78 Å². The molecule has 0 aliphatic carbocycles. The van der Waals surface area contributed by atoms with E-state index in [1.54, 1.807) is 19.1 Å². The van der Waals surface area contributed by atoms with E-state index >= 15 is 0 Å². The van der Waals surface area contributed by atoms with Crippen LogP contribution in [-0.4, -0.2) is 21.7 Å². The zero-order valence-electron chi connectivity index (χ0n) is 16.1. The molecule has 0 fully saturated rings. The molecule has 1 aromatic heterocycles. The Morgan fingerprint density at radius 1 is 1.00 bits per heavy atom. The van der Waals surface area contributed by atoms with E-state index in [9.17, 15) is 9.90 Å². The molecule has 0 spiro atoms. The molecule has 1 heterocycles. The number of pyridine rings is 1. The Balaban J connectivity index is 2.18. The molecule has 3 rings (SSSR count). The van der Waals surface area contributed by atoms with Gasteiger partial charge in [-0.2, -0.15) is 0 Å². The maximum Gasteiger partial charge on any atom is 0.167 e. The number of benzene rings is 2. The fraction of sp³-hybridized carbons (Fsp3) is 0.0870.